The van der Waals surface area contributed by atoms with E-state index in [9.17, 15) is 13.2 Å². The molecule has 0 spiro atoms. The number of rotatable bonds is 7. The van der Waals surface area contributed by atoms with Gasteiger partial charge in [-0.2, -0.15) is 0 Å². The summed E-state index contributed by atoms with van der Waals surface area (Å²) in [5.41, 5.74) is 4.17. The molecule has 24 heavy (non-hydrogen) atoms. The quantitative estimate of drug-likeness (QED) is 0.749. The van der Waals surface area contributed by atoms with Crippen LogP contribution in [0.15, 0.2) is 53.4 Å². The van der Waals surface area contributed by atoms with Gasteiger partial charge >= 0.3 is 0 Å². The zero-order valence-corrected chi connectivity index (χ0v) is 14.4. The van der Waals surface area contributed by atoms with Crippen molar-refractivity contribution in [2.75, 3.05) is 6.61 Å². The van der Waals surface area contributed by atoms with Gasteiger partial charge in [0.2, 0.25) is 0 Å². The van der Waals surface area contributed by atoms with E-state index in [0.717, 1.165) is 17.5 Å². The van der Waals surface area contributed by atoms with Crippen molar-refractivity contribution in [2.45, 2.75) is 25.2 Å². The average molecular weight is 348 g/mol. The molecule has 7 heteroatoms. The molecule has 0 saturated carbocycles. The highest BCUT2D eigenvalue weighted by Gasteiger charge is 2.15. The number of hydrogen-bond acceptors (Lipinski definition) is 4. The van der Waals surface area contributed by atoms with Crippen LogP contribution in [-0.4, -0.2) is 20.9 Å². The highest BCUT2D eigenvalue weighted by atomic mass is 32.2. The van der Waals surface area contributed by atoms with E-state index >= 15 is 0 Å². The Hall–Kier alpha value is -2.38. The van der Waals surface area contributed by atoms with Crippen molar-refractivity contribution < 1.29 is 17.9 Å². The number of ether oxygens (including phenoxy) is 1. The fraction of sp³-hybridized carbons (Fsp3) is 0.235. The van der Waals surface area contributed by atoms with Gasteiger partial charge < -0.3 is 4.74 Å². The van der Waals surface area contributed by atoms with Crippen LogP contribution in [-0.2, 0) is 21.2 Å². The van der Waals surface area contributed by atoms with Crippen LogP contribution >= 0.6 is 0 Å². The highest BCUT2D eigenvalue weighted by molar-refractivity contribution is 7.89. The predicted molar refractivity (Wildman–Crippen MR) is 91.0 cm³/mol. The molecule has 128 valence electrons. The van der Waals surface area contributed by atoms with Crippen molar-refractivity contribution in [1.82, 2.24) is 10.3 Å². The summed E-state index contributed by atoms with van der Waals surface area (Å²) in [4.78, 5) is 13.9. The molecule has 0 aliphatic carbocycles. The van der Waals surface area contributed by atoms with Gasteiger partial charge in [-0.05, 0) is 48.7 Å². The molecule has 2 rings (SSSR count). The zero-order valence-electron chi connectivity index (χ0n) is 13.6. The van der Waals surface area contributed by atoms with Crippen molar-refractivity contribution in [3.8, 4) is 5.75 Å². The number of nitrogens with one attached hydrogen (secondary N) is 2. The smallest absolute Gasteiger partial charge is 0.272 e. The summed E-state index contributed by atoms with van der Waals surface area (Å²) in [5, 5.41) is 0. The maximum Gasteiger partial charge on any atom is 0.272 e. The first kappa shape index (κ1) is 18.0. The molecular formula is C17H20N2O4S. The van der Waals surface area contributed by atoms with Crippen molar-refractivity contribution in [3.05, 3.63) is 59.7 Å². The van der Waals surface area contributed by atoms with E-state index in [4.69, 9.17) is 4.74 Å². The number of amides is 1. The van der Waals surface area contributed by atoms with E-state index in [2.05, 4.69) is 10.3 Å². The molecule has 2 aromatic carbocycles. The van der Waals surface area contributed by atoms with Gasteiger partial charge in [0, 0.05) is 0 Å². The monoisotopic (exact) mass is 348 g/mol. The second kappa shape index (κ2) is 7.94. The number of hydrazine groups is 1. The summed E-state index contributed by atoms with van der Waals surface area (Å²) in [6.07, 6.45) is 0.820. The zero-order chi connectivity index (χ0) is 17.6. The van der Waals surface area contributed by atoms with Crippen molar-refractivity contribution in [1.29, 1.82) is 0 Å². The second-order valence-corrected chi connectivity index (χ2v) is 6.94. The lowest BCUT2D eigenvalue weighted by Crippen LogP contribution is -2.43. The van der Waals surface area contributed by atoms with E-state index in [1.165, 1.54) is 12.1 Å². The lowest BCUT2D eigenvalue weighted by Gasteiger charge is -2.10. The largest absolute Gasteiger partial charge is 0.484 e. The Bertz CT molecular complexity index is 802. The maximum absolute atomic E-state index is 12.1. The standard InChI is InChI=1S/C17H20N2O4S/c1-3-14-7-9-16(10-8-14)24(21,22)19-18-17(20)12-23-15-6-4-5-13(2)11-15/h4-11,19H,3,12H2,1-2H3,(H,18,20). The Morgan fingerprint density at radius 3 is 2.46 bits per heavy atom. The highest BCUT2D eigenvalue weighted by Crippen LogP contribution is 2.12. The molecule has 0 radical (unpaired) electrons. The van der Waals surface area contributed by atoms with Gasteiger partial charge in [0.1, 0.15) is 5.75 Å². The number of carbonyl (C=O) groups excluding carboxylic acids is 1. The molecule has 1 amide bonds. The average Bonchev–Trinajstić information content (AvgIpc) is 2.58. The topological polar surface area (TPSA) is 84.5 Å². The van der Waals surface area contributed by atoms with Crippen LogP contribution in [0.2, 0.25) is 0 Å². The van der Waals surface area contributed by atoms with Crippen LogP contribution < -0.4 is 15.0 Å². The van der Waals surface area contributed by atoms with Crippen LogP contribution in [0.1, 0.15) is 18.1 Å². The fourth-order valence-electron chi connectivity index (χ4n) is 1.98. The van der Waals surface area contributed by atoms with Gasteiger partial charge in [0.25, 0.3) is 15.9 Å². The SMILES string of the molecule is CCc1ccc(S(=O)(=O)NNC(=O)COc2cccc(C)c2)cc1. The lowest BCUT2D eigenvalue weighted by atomic mass is 10.2. The lowest BCUT2D eigenvalue weighted by molar-refractivity contribution is -0.123. The van der Waals surface area contributed by atoms with Gasteiger partial charge in [0.15, 0.2) is 6.61 Å². The number of aryl methyl sites for hydroxylation is 2. The molecule has 0 heterocycles. The summed E-state index contributed by atoms with van der Waals surface area (Å²) < 4.78 is 29.5. The molecule has 0 saturated heterocycles. The maximum atomic E-state index is 12.1. The Balaban J connectivity index is 1.87. The van der Waals surface area contributed by atoms with Gasteiger partial charge in [-0.15, -0.1) is 4.83 Å². The number of sulfonamides is 1. The summed E-state index contributed by atoms with van der Waals surface area (Å²) in [7, 11) is -3.81. The molecule has 0 unspecified atom stereocenters. The first-order valence-electron chi connectivity index (χ1n) is 7.50. The number of benzene rings is 2. The first-order valence-corrected chi connectivity index (χ1v) is 8.98. The molecular weight excluding hydrogens is 328 g/mol. The minimum absolute atomic E-state index is 0.0830. The molecule has 0 aliphatic heterocycles. The van der Waals surface area contributed by atoms with E-state index in [1.54, 1.807) is 24.3 Å². The fourth-order valence-corrected chi connectivity index (χ4v) is 2.84. The third kappa shape index (κ3) is 5.07. The summed E-state index contributed by atoms with van der Waals surface area (Å²) in [6, 6.07) is 13.7. The predicted octanol–water partition coefficient (Wildman–Crippen LogP) is 1.95. The van der Waals surface area contributed by atoms with Gasteiger partial charge in [-0.1, -0.05) is 31.2 Å². The van der Waals surface area contributed by atoms with Crippen LogP contribution in [0.25, 0.3) is 0 Å². The van der Waals surface area contributed by atoms with E-state index in [1.807, 2.05) is 26.0 Å². The number of hydrogen-bond donors (Lipinski definition) is 2. The van der Waals surface area contributed by atoms with Crippen LogP contribution in [0.4, 0.5) is 0 Å². The molecule has 0 aromatic heterocycles. The van der Waals surface area contributed by atoms with Crippen LogP contribution in [0.3, 0.4) is 0 Å². The van der Waals surface area contributed by atoms with Crippen LogP contribution in [0, 0.1) is 6.92 Å². The first-order chi connectivity index (χ1) is 11.4. The second-order valence-electron chi connectivity index (χ2n) is 5.26. The summed E-state index contributed by atoms with van der Waals surface area (Å²) in [5.74, 6) is -0.0478. The molecule has 0 aliphatic rings. The molecule has 0 atom stereocenters. The minimum atomic E-state index is -3.81. The summed E-state index contributed by atoms with van der Waals surface area (Å²) >= 11 is 0. The Morgan fingerprint density at radius 2 is 1.83 bits per heavy atom. The van der Waals surface area contributed by atoms with Gasteiger partial charge in [-0.3, -0.25) is 10.2 Å². The Morgan fingerprint density at radius 1 is 1.12 bits per heavy atom. The van der Waals surface area contributed by atoms with Gasteiger partial charge in [0.05, 0.1) is 4.90 Å². The molecule has 2 aromatic rings. The van der Waals surface area contributed by atoms with Gasteiger partial charge in [-0.25, -0.2) is 8.42 Å². The van der Waals surface area contributed by atoms with Crippen molar-refractivity contribution >= 4 is 15.9 Å². The van der Waals surface area contributed by atoms with E-state index < -0.39 is 15.9 Å². The minimum Gasteiger partial charge on any atom is -0.484 e. The Labute approximate surface area is 141 Å². The molecule has 6 nitrogen and oxygen atoms in total. The molecule has 2 N–H and O–H groups in total. The van der Waals surface area contributed by atoms with Crippen molar-refractivity contribution in [2.24, 2.45) is 0 Å². The summed E-state index contributed by atoms with van der Waals surface area (Å²) in [6.45, 7) is 3.60. The molecule has 0 bridgehead atoms. The number of carbonyl (C=O) groups is 1. The van der Waals surface area contributed by atoms with E-state index in [-0.39, 0.29) is 11.5 Å². The molecule has 0 fully saturated rings. The van der Waals surface area contributed by atoms with E-state index in [0.29, 0.717) is 5.75 Å². The normalized spacial score (nSPS) is 11.1. The third-order valence-electron chi connectivity index (χ3n) is 3.33. The van der Waals surface area contributed by atoms with Crippen LogP contribution in [0.5, 0.6) is 5.75 Å². The Kier molecular flexibility index (Phi) is 5.94. The van der Waals surface area contributed by atoms with Crippen molar-refractivity contribution in [3.63, 3.8) is 0 Å². The third-order valence-corrected chi connectivity index (χ3v) is 4.59.